The summed E-state index contributed by atoms with van der Waals surface area (Å²) in [4.78, 5) is 0. The summed E-state index contributed by atoms with van der Waals surface area (Å²) in [6, 6.07) is 12.8. The Morgan fingerprint density at radius 2 is 1.85 bits per heavy atom. The number of halogens is 3. The highest BCUT2D eigenvalue weighted by molar-refractivity contribution is 9.11. The van der Waals surface area contributed by atoms with Gasteiger partial charge in [-0.15, -0.1) is 0 Å². The third-order valence-electron chi connectivity index (χ3n) is 3.02. The molecule has 1 atom stereocenters. The standard InChI is InChI=1S/C15H9Br2ClO2/c16-9-1-3-12(17)11(7-9)15(19)14-6-8-5-10(18)2-4-13(8)20-14/h1-7,15,19H. The molecule has 1 unspecified atom stereocenters. The Balaban J connectivity index is 2.07. The van der Waals surface area contributed by atoms with E-state index in [9.17, 15) is 5.11 Å². The molecule has 2 nitrogen and oxygen atoms in total. The summed E-state index contributed by atoms with van der Waals surface area (Å²) in [5, 5.41) is 12.0. The van der Waals surface area contributed by atoms with E-state index in [0.717, 1.165) is 19.9 Å². The average molecular weight is 416 g/mol. The Bertz CT molecular complexity index is 783. The molecule has 0 aliphatic rings. The number of hydrogen-bond donors (Lipinski definition) is 1. The third-order valence-corrected chi connectivity index (χ3v) is 4.47. The fraction of sp³-hybridized carbons (Fsp3) is 0.0667. The molecule has 0 amide bonds. The van der Waals surface area contributed by atoms with Crippen molar-refractivity contribution in [3.05, 3.63) is 67.8 Å². The molecular formula is C15H9Br2ClO2. The highest BCUT2D eigenvalue weighted by Gasteiger charge is 2.18. The first-order valence-electron chi connectivity index (χ1n) is 5.86. The molecule has 0 saturated carbocycles. The van der Waals surface area contributed by atoms with E-state index in [1.165, 1.54) is 0 Å². The SMILES string of the molecule is OC(c1cc2cc(Cl)ccc2o1)c1cc(Br)ccc1Br. The number of benzene rings is 2. The molecule has 20 heavy (non-hydrogen) atoms. The van der Waals surface area contributed by atoms with Crippen LogP contribution in [0.5, 0.6) is 0 Å². The highest BCUT2D eigenvalue weighted by atomic mass is 79.9. The fourth-order valence-corrected chi connectivity index (χ4v) is 3.07. The lowest BCUT2D eigenvalue weighted by Crippen LogP contribution is -1.99. The van der Waals surface area contributed by atoms with Crippen molar-refractivity contribution in [3.63, 3.8) is 0 Å². The largest absolute Gasteiger partial charge is 0.458 e. The summed E-state index contributed by atoms with van der Waals surface area (Å²) < 4.78 is 7.41. The fourth-order valence-electron chi connectivity index (χ4n) is 2.05. The zero-order valence-corrected chi connectivity index (χ0v) is 14.0. The van der Waals surface area contributed by atoms with Gasteiger partial charge in [-0.2, -0.15) is 0 Å². The van der Waals surface area contributed by atoms with Gasteiger partial charge in [0.05, 0.1) is 0 Å². The quantitative estimate of drug-likeness (QED) is 0.582. The number of aliphatic hydroxyl groups excluding tert-OH is 1. The number of rotatable bonds is 2. The average Bonchev–Trinajstić information content (AvgIpc) is 2.83. The molecule has 102 valence electrons. The van der Waals surface area contributed by atoms with Crippen LogP contribution in [0.15, 0.2) is 55.8 Å². The molecule has 3 rings (SSSR count). The maximum absolute atomic E-state index is 10.5. The monoisotopic (exact) mass is 414 g/mol. The normalized spacial score (nSPS) is 12.8. The van der Waals surface area contributed by atoms with Crippen molar-refractivity contribution >= 4 is 54.4 Å². The molecule has 0 radical (unpaired) electrons. The summed E-state index contributed by atoms with van der Waals surface area (Å²) in [7, 11) is 0. The second-order valence-corrected chi connectivity index (χ2v) is 6.61. The predicted octanol–water partition coefficient (Wildman–Crippen LogP) is 5.69. The van der Waals surface area contributed by atoms with Crippen LogP contribution >= 0.6 is 43.5 Å². The number of furan rings is 1. The van der Waals surface area contributed by atoms with Crippen molar-refractivity contribution in [3.8, 4) is 0 Å². The molecule has 3 aromatic rings. The van der Waals surface area contributed by atoms with Gasteiger partial charge in [-0.25, -0.2) is 0 Å². The van der Waals surface area contributed by atoms with Gasteiger partial charge < -0.3 is 9.52 Å². The molecule has 0 aliphatic heterocycles. The minimum Gasteiger partial charge on any atom is -0.458 e. The van der Waals surface area contributed by atoms with E-state index in [1.807, 2.05) is 24.3 Å². The topological polar surface area (TPSA) is 33.4 Å². The predicted molar refractivity (Wildman–Crippen MR) is 87.1 cm³/mol. The van der Waals surface area contributed by atoms with Crippen molar-refractivity contribution in [1.29, 1.82) is 0 Å². The van der Waals surface area contributed by atoms with Crippen LogP contribution in [0.1, 0.15) is 17.4 Å². The number of hydrogen-bond acceptors (Lipinski definition) is 2. The van der Waals surface area contributed by atoms with E-state index in [0.29, 0.717) is 16.4 Å². The molecule has 2 aromatic carbocycles. The summed E-state index contributed by atoms with van der Waals surface area (Å²) >= 11 is 12.8. The maximum Gasteiger partial charge on any atom is 0.138 e. The Morgan fingerprint density at radius 1 is 1.05 bits per heavy atom. The molecule has 1 N–H and O–H groups in total. The van der Waals surface area contributed by atoms with E-state index in [2.05, 4.69) is 31.9 Å². The zero-order valence-electron chi connectivity index (χ0n) is 10.1. The molecule has 1 aromatic heterocycles. The van der Waals surface area contributed by atoms with Gasteiger partial charge in [0.2, 0.25) is 0 Å². The van der Waals surface area contributed by atoms with E-state index in [4.69, 9.17) is 16.0 Å². The smallest absolute Gasteiger partial charge is 0.138 e. The van der Waals surface area contributed by atoms with Gasteiger partial charge in [0.25, 0.3) is 0 Å². The lowest BCUT2D eigenvalue weighted by molar-refractivity contribution is 0.191. The van der Waals surface area contributed by atoms with Crippen LogP contribution in [0.3, 0.4) is 0 Å². The van der Waals surface area contributed by atoms with Crippen LogP contribution in [-0.2, 0) is 0 Å². The second kappa shape index (κ2) is 5.53. The van der Waals surface area contributed by atoms with Gasteiger partial charge in [0.15, 0.2) is 0 Å². The van der Waals surface area contributed by atoms with Crippen LogP contribution in [0, 0.1) is 0 Å². The van der Waals surface area contributed by atoms with E-state index >= 15 is 0 Å². The molecule has 0 bridgehead atoms. The molecule has 5 heteroatoms. The van der Waals surface area contributed by atoms with Gasteiger partial charge >= 0.3 is 0 Å². The first-order chi connectivity index (χ1) is 9.54. The summed E-state index contributed by atoms with van der Waals surface area (Å²) in [6.45, 7) is 0. The van der Waals surface area contributed by atoms with Gasteiger partial charge in [0, 0.05) is 24.9 Å². The molecule has 1 heterocycles. The van der Waals surface area contributed by atoms with E-state index < -0.39 is 6.10 Å². The third kappa shape index (κ3) is 2.66. The van der Waals surface area contributed by atoms with Crippen LogP contribution < -0.4 is 0 Å². The Kier molecular flexibility index (Phi) is 3.91. The minimum absolute atomic E-state index is 0.487. The summed E-state index contributed by atoms with van der Waals surface area (Å²) in [5.74, 6) is 0.487. The Labute approximate surface area is 137 Å². The van der Waals surface area contributed by atoms with E-state index in [1.54, 1.807) is 18.2 Å². The Hall–Kier alpha value is -0.810. The van der Waals surface area contributed by atoms with Crippen molar-refractivity contribution in [2.75, 3.05) is 0 Å². The zero-order chi connectivity index (χ0) is 14.3. The number of aliphatic hydroxyl groups is 1. The van der Waals surface area contributed by atoms with Crippen LogP contribution in [0.2, 0.25) is 5.02 Å². The maximum atomic E-state index is 10.5. The first kappa shape index (κ1) is 14.1. The van der Waals surface area contributed by atoms with Crippen molar-refractivity contribution in [2.24, 2.45) is 0 Å². The Morgan fingerprint density at radius 3 is 2.65 bits per heavy atom. The second-order valence-electron chi connectivity index (χ2n) is 4.40. The van der Waals surface area contributed by atoms with Crippen molar-refractivity contribution in [1.82, 2.24) is 0 Å². The summed E-state index contributed by atoms with van der Waals surface area (Å²) in [5.41, 5.74) is 1.44. The molecular weight excluding hydrogens is 407 g/mol. The lowest BCUT2D eigenvalue weighted by atomic mass is 10.1. The van der Waals surface area contributed by atoms with Crippen molar-refractivity contribution in [2.45, 2.75) is 6.10 Å². The van der Waals surface area contributed by atoms with Gasteiger partial charge in [0.1, 0.15) is 17.4 Å². The summed E-state index contributed by atoms with van der Waals surface area (Å²) in [6.07, 6.45) is -0.840. The van der Waals surface area contributed by atoms with Gasteiger partial charge in [-0.3, -0.25) is 0 Å². The van der Waals surface area contributed by atoms with Crippen molar-refractivity contribution < 1.29 is 9.52 Å². The van der Waals surface area contributed by atoms with Gasteiger partial charge in [-0.1, -0.05) is 43.5 Å². The first-order valence-corrected chi connectivity index (χ1v) is 7.83. The highest BCUT2D eigenvalue weighted by Crippen LogP contribution is 2.34. The van der Waals surface area contributed by atoms with Gasteiger partial charge in [-0.05, 0) is 42.5 Å². The number of fused-ring (bicyclic) bond motifs is 1. The minimum atomic E-state index is -0.840. The molecule has 0 saturated heterocycles. The van der Waals surface area contributed by atoms with Crippen LogP contribution in [0.4, 0.5) is 0 Å². The van der Waals surface area contributed by atoms with Crippen LogP contribution in [0.25, 0.3) is 11.0 Å². The molecule has 0 spiro atoms. The van der Waals surface area contributed by atoms with E-state index in [-0.39, 0.29) is 0 Å². The molecule has 0 fully saturated rings. The van der Waals surface area contributed by atoms with Crippen LogP contribution in [-0.4, -0.2) is 5.11 Å². The lowest BCUT2D eigenvalue weighted by Gasteiger charge is -2.10. The molecule has 0 aliphatic carbocycles.